The van der Waals surface area contributed by atoms with Crippen molar-refractivity contribution in [1.82, 2.24) is 4.90 Å². The van der Waals surface area contributed by atoms with Gasteiger partial charge in [0.15, 0.2) is 0 Å². The Morgan fingerprint density at radius 3 is 2.50 bits per heavy atom. The van der Waals surface area contributed by atoms with E-state index in [1.807, 2.05) is 0 Å². The Hall–Kier alpha value is -0.570. The Morgan fingerprint density at radius 1 is 1.50 bits per heavy atom. The van der Waals surface area contributed by atoms with E-state index in [-0.39, 0.29) is 5.97 Å². The predicted octanol–water partition coefficient (Wildman–Crippen LogP) is 0.891. The standard InChI is InChI=1S/C9H17NO2/c1-9(2)6-10(7-9)5-4-8(11)12-3/h4-7H2,1-3H3. The van der Waals surface area contributed by atoms with Crippen molar-refractivity contribution in [3.63, 3.8) is 0 Å². The van der Waals surface area contributed by atoms with Crippen molar-refractivity contribution in [2.24, 2.45) is 5.41 Å². The highest BCUT2D eigenvalue weighted by Gasteiger charge is 2.33. The predicted molar refractivity (Wildman–Crippen MR) is 46.9 cm³/mol. The van der Waals surface area contributed by atoms with E-state index in [2.05, 4.69) is 23.5 Å². The number of rotatable bonds is 3. The summed E-state index contributed by atoms with van der Waals surface area (Å²) < 4.78 is 4.56. The molecule has 3 nitrogen and oxygen atoms in total. The van der Waals surface area contributed by atoms with Crippen LogP contribution >= 0.6 is 0 Å². The summed E-state index contributed by atoms with van der Waals surface area (Å²) in [6, 6.07) is 0. The second kappa shape index (κ2) is 3.44. The molecule has 0 atom stereocenters. The Kier molecular flexibility index (Phi) is 2.73. The van der Waals surface area contributed by atoms with Gasteiger partial charge in [-0.15, -0.1) is 0 Å². The third-order valence-electron chi connectivity index (χ3n) is 2.16. The van der Waals surface area contributed by atoms with Crippen LogP contribution in [0.3, 0.4) is 0 Å². The zero-order valence-electron chi connectivity index (χ0n) is 8.09. The lowest BCUT2D eigenvalue weighted by Crippen LogP contribution is -2.53. The van der Waals surface area contributed by atoms with Crippen molar-refractivity contribution in [3.05, 3.63) is 0 Å². The van der Waals surface area contributed by atoms with Gasteiger partial charge < -0.3 is 9.64 Å². The molecule has 1 rings (SSSR count). The van der Waals surface area contributed by atoms with E-state index in [0.29, 0.717) is 11.8 Å². The third kappa shape index (κ3) is 2.48. The van der Waals surface area contributed by atoms with E-state index in [1.165, 1.54) is 7.11 Å². The van der Waals surface area contributed by atoms with Crippen LogP contribution in [0.25, 0.3) is 0 Å². The third-order valence-corrected chi connectivity index (χ3v) is 2.16. The van der Waals surface area contributed by atoms with Crippen LogP contribution < -0.4 is 0 Å². The quantitative estimate of drug-likeness (QED) is 0.591. The summed E-state index contributed by atoms with van der Waals surface area (Å²) in [4.78, 5) is 13.0. The topological polar surface area (TPSA) is 29.5 Å². The van der Waals surface area contributed by atoms with Gasteiger partial charge in [-0.25, -0.2) is 0 Å². The lowest BCUT2D eigenvalue weighted by Gasteiger charge is -2.45. The molecule has 0 unspecified atom stereocenters. The van der Waals surface area contributed by atoms with Crippen molar-refractivity contribution in [2.75, 3.05) is 26.7 Å². The molecule has 0 N–H and O–H groups in total. The van der Waals surface area contributed by atoms with Gasteiger partial charge in [-0.2, -0.15) is 0 Å². The number of ether oxygens (including phenoxy) is 1. The van der Waals surface area contributed by atoms with E-state index < -0.39 is 0 Å². The van der Waals surface area contributed by atoms with Gasteiger partial charge in [-0.3, -0.25) is 4.79 Å². The average Bonchev–Trinajstić information content (AvgIpc) is 1.96. The normalized spacial score (nSPS) is 21.6. The monoisotopic (exact) mass is 171 g/mol. The van der Waals surface area contributed by atoms with Crippen LogP contribution in [0.5, 0.6) is 0 Å². The van der Waals surface area contributed by atoms with Gasteiger partial charge in [0, 0.05) is 19.6 Å². The first kappa shape index (κ1) is 9.52. The van der Waals surface area contributed by atoms with E-state index in [0.717, 1.165) is 19.6 Å². The van der Waals surface area contributed by atoms with Crippen LogP contribution in [0, 0.1) is 5.41 Å². The zero-order valence-corrected chi connectivity index (χ0v) is 8.09. The number of esters is 1. The fourth-order valence-corrected chi connectivity index (χ4v) is 1.67. The van der Waals surface area contributed by atoms with Gasteiger partial charge in [0.25, 0.3) is 0 Å². The lowest BCUT2D eigenvalue weighted by atomic mass is 9.84. The van der Waals surface area contributed by atoms with Crippen molar-refractivity contribution in [1.29, 1.82) is 0 Å². The molecule has 0 aromatic rings. The van der Waals surface area contributed by atoms with E-state index in [1.54, 1.807) is 0 Å². The summed E-state index contributed by atoms with van der Waals surface area (Å²) in [5.41, 5.74) is 0.454. The first-order valence-electron chi connectivity index (χ1n) is 4.33. The molecular weight excluding hydrogens is 154 g/mol. The molecule has 1 aliphatic rings. The summed E-state index contributed by atoms with van der Waals surface area (Å²) in [5.74, 6) is -0.111. The Morgan fingerprint density at radius 2 is 2.08 bits per heavy atom. The van der Waals surface area contributed by atoms with Crippen molar-refractivity contribution < 1.29 is 9.53 Å². The average molecular weight is 171 g/mol. The molecule has 1 fully saturated rings. The number of hydrogen-bond acceptors (Lipinski definition) is 3. The van der Waals surface area contributed by atoms with Gasteiger partial charge in [0.1, 0.15) is 0 Å². The fraction of sp³-hybridized carbons (Fsp3) is 0.889. The van der Waals surface area contributed by atoms with Crippen LogP contribution in [0.2, 0.25) is 0 Å². The van der Waals surface area contributed by atoms with Crippen LogP contribution in [-0.2, 0) is 9.53 Å². The molecule has 70 valence electrons. The maximum atomic E-state index is 10.8. The largest absolute Gasteiger partial charge is 0.469 e. The molecule has 12 heavy (non-hydrogen) atoms. The molecule has 0 aliphatic carbocycles. The van der Waals surface area contributed by atoms with Crippen molar-refractivity contribution in [3.8, 4) is 0 Å². The fourth-order valence-electron chi connectivity index (χ4n) is 1.67. The van der Waals surface area contributed by atoms with E-state index in [4.69, 9.17) is 0 Å². The van der Waals surface area contributed by atoms with Gasteiger partial charge in [0.05, 0.1) is 13.5 Å². The number of hydrogen-bond donors (Lipinski definition) is 0. The maximum Gasteiger partial charge on any atom is 0.306 e. The molecule has 0 aromatic carbocycles. The second-order valence-corrected chi connectivity index (χ2v) is 4.20. The summed E-state index contributed by atoms with van der Waals surface area (Å²) >= 11 is 0. The lowest BCUT2D eigenvalue weighted by molar-refractivity contribution is -0.141. The number of carbonyl (C=O) groups is 1. The molecule has 0 saturated carbocycles. The Bertz CT molecular complexity index is 169. The number of nitrogens with zero attached hydrogens (tertiary/aromatic N) is 1. The molecule has 0 radical (unpaired) electrons. The summed E-state index contributed by atoms with van der Waals surface area (Å²) in [6.45, 7) is 7.52. The van der Waals surface area contributed by atoms with Gasteiger partial charge in [0.2, 0.25) is 0 Å². The molecule has 1 saturated heterocycles. The van der Waals surface area contributed by atoms with Gasteiger partial charge in [-0.05, 0) is 5.41 Å². The SMILES string of the molecule is COC(=O)CCN1CC(C)(C)C1. The van der Waals surface area contributed by atoms with Crippen LogP contribution in [0.4, 0.5) is 0 Å². The molecular formula is C9H17NO2. The van der Waals surface area contributed by atoms with E-state index in [9.17, 15) is 4.79 Å². The highest BCUT2D eigenvalue weighted by molar-refractivity contribution is 5.69. The Labute approximate surface area is 73.7 Å². The highest BCUT2D eigenvalue weighted by atomic mass is 16.5. The molecule has 1 aliphatic heterocycles. The summed E-state index contributed by atoms with van der Waals surface area (Å²) in [6.07, 6.45) is 0.520. The van der Waals surface area contributed by atoms with Crippen molar-refractivity contribution in [2.45, 2.75) is 20.3 Å². The minimum absolute atomic E-state index is 0.111. The van der Waals surface area contributed by atoms with E-state index >= 15 is 0 Å². The van der Waals surface area contributed by atoms with Crippen LogP contribution in [0.1, 0.15) is 20.3 Å². The smallest absolute Gasteiger partial charge is 0.306 e. The zero-order chi connectivity index (χ0) is 9.19. The summed E-state index contributed by atoms with van der Waals surface area (Å²) in [7, 11) is 1.43. The summed E-state index contributed by atoms with van der Waals surface area (Å²) in [5, 5.41) is 0. The minimum Gasteiger partial charge on any atom is -0.469 e. The molecule has 0 spiro atoms. The number of methoxy groups -OCH3 is 1. The number of carbonyl (C=O) groups excluding carboxylic acids is 1. The molecule has 0 aromatic heterocycles. The van der Waals surface area contributed by atoms with Crippen molar-refractivity contribution >= 4 is 5.97 Å². The maximum absolute atomic E-state index is 10.8. The Balaban J connectivity index is 2.08. The van der Waals surface area contributed by atoms with Crippen LogP contribution in [0.15, 0.2) is 0 Å². The van der Waals surface area contributed by atoms with Crippen LogP contribution in [-0.4, -0.2) is 37.6 Å². The second-order valence-electron chi connectivity index (χ2n) is 4.20. The minimum atomic E-state index is -0.111. The molecule has 0 bridgehead atoms. The highest BCUT2D eigenvalue weighted by Crippen LogP contribution is 2.28. The molecule has 0 amide bonds. The first-order valence-corrected chi connectivity index (χ1v) is 4.33. The molecule has 1 heterocycles. The van der Waals surface area contributed by atoms with Gasteiger partial charge >= 0.3 is 5.97 Å². The van der Waals surface area contributed by atoms with Gasteiger partial charge in [-0.1, -0.05) is 13.8 Å². The molecule has 3 heteroatoms. The number of likely N-dealkylation sites (tertiary alicyclic amines) is 1. The first-order chi connectivity index (χ1) is 5.53.